The Bertz CT molecular complexity index is 1190. The van der Waals surface area contributed by atoms with E-state index in [2.05, 4.69) is 25.7 Å². The van der Waals surface area contributed by atoms with E-state index in [-0.39, 0.29) is 36.1 Å². The van der Waals surface area contributed by atoms with Crippen LogP contribution in [0.5, 0.6) is 5.75 Å². The van der Waals surface area contributed by atoms with Gasteiger partial charge in [-0.25, -0.2) is 0 Å². The number of amides is 1. The molecule has 8 rings (SSSR count). The first-order valence-corrected chi connectivity index (χ1v) is 13.2. The lowest BCUT2D eigenvalue weighted by molar-refractivity contribution is -0.144. The van der Waals surface area contributed by atoms with Crippen LogP contribution >= 0.6 is 0 Å². The average molecular weight is 492 g/mol. The van der Waals surface area contributed by atoms with Crippen molar-refractivity contribution in [1.29, 1.82) is 0 Å². The van der Waals surface area contributed by atoms with Gasteiger partial charge in [-0.05, 0) is 48.3 Å². The van der Waals surface area contributed by atoms with Crippen LogP contribution in [-0.2, 0) is 20.7 Å². The van der Waals surface area contributed by atoms with E-state index in [1.165, 1.54) is 0 Å². The third kappa shape index (κ3) is 2.79. The number of ether oxygens (including phenoxy) is 2. The van der Waals surface area contributed by atoms with Crippen LogP contribution in [0.3, 0.4) is 0 Å². The lowest BCUT2D eigenvalue weighted by Crippen LogP contribution is -2.52. The molecule has 4 fully saturated rings. The molecule has 12 atom stereocenters. The second-order valence-electron chi connectivity index (χ2n) is 12.1. The number of aliphatic hydroxyl groups excluding tert-OH is 1. The SMILES string of the molecule is C=C[C@H]1[C@H]2C(=O)[C@@]34O[C@@H]3[C@](O)(Cc3ccc(cc3)O[C@H]3[C@H]2C(=C[C@H]1O)[C@@H]1C[C@H](C)C[C@H](C)[C@@H]31)NC4=O. The summed E-state index contributed by atoms with van der Waals surface area (Å²) in [5.41, 5.74) is -1.54. The molecular formula is C29H33NO6. The predicted octanol–water partition coefficient (Wildman–Crippen LogP) is 2.16. The molecular weight excluding hydrogens is 458 g/mol. The lowest BCUT2D eigenvalue weighted by atomic mass is 9.65. The molecule has 7 aliphatic rings. The maximum atomic E-state index is 14.4. The number of hydrogen-bond donors (Lipinski definition) is 3. The van der Waals surface area contributed by atoms with Crippen molar-refractivity contribution in [3.63, 3.8) is 0 Å². The minimum Gasteiger partial charge on any atom is -0.489 e. The highest BCUT2D eigenvalue weighted by Crippen LogP contribution is 2.61. The molecule has 1 aromatic carbocycles. The minimum atomic E-state index is -1.74. The Kier molecular flexibility index (Phi) is 4.60. The number of ketones is 1. The second kappa shape index (κ2) is 7.30. The number of hydrogen-bond acceptors (Lipinski definition) is 6. The molecule has 0 unspecified atom stereocenters. The van der Waals surface area contributed by atoms with Crippen LogP contribution in [0.1, 0.15) is 32.3 Å². The third-order valence-electron chi connectivity index (χ3n) is 9.98. The molecule has 0 radical (unpaired) electrons. The Morgan fingerprint density at radius 2 is 1.89 bits per heavy atom. The molecule has 2 saturated heterocycles. The summed E-state index contributed by atoms with van der Waals surface area (Å²) in [6.07, 6.45) is 3.60. The van der Waals surface area contributed by atoms with Crippen molar-refractivity contribution in [2.75, 3.05) is 0 Å². The van der Waals surface area contributed by atoms with Crippen LogP contribution in [0.25, 0.3) is 0 Å². The first-order valence-electron chi connectivity index (χ1n) is 13.2. The molecule has 0 aromatic heterocycles. The number of carbonyl (C=O) groups is 2. The molecule has 3 aliphatic carbocycles. The van der Waals surface area contributed by atoms with E-state index < -0.39 is 41.3 Å². The topological polar surface area (TPSA) is 108 Å². The number of benzene rings is 1. The number of epoxide rings is 1. The number of aliphatic hydroxyl groups is 2. The molecule has 2 saturated carbocycles. The highest BCUT2D eigenvalue weighted by molar-refractivity contribution is 6.16. The number of nitrogens with one attached hydrogen (secondary N) is 1. The Morgan fingerprint density at radius 1 is 1.14 bits per heavy atom. The van der Waals surface area contributed by atoms with E-state index >= 15 is 0 Å². The van der Waals surface area contributed by atoms with Crippen LogP contribution in [0.4, 0.5) is 0 Å². The van der Waals surface area contributed by atoms with Crippen molar-refractivity contribution in [2.24, 2.45) is 41.4 Å². The summed E-state index contributed by atoms with van der Waals surface area (Å²) in [5.74, 6) is -0.600. The Balaban J connectivity index is 1.43. The van der Waals surface area contributed by atoms with Crippen molar-refractivity contribution < 1.29 is 29.3 Å². The van der Waals surface area contributed by atoms with Gasteiger partial charge >= 0.3 is 0 Å². The zero-order valence-corrected chi connectivity index (χ0v) is 20.6. The lowest BCUT2D eigenvalue weighted by Gasteiger charge is -2.40. The maximum Gasteiger partial charge on any atom is 0.265 e. The first-order chi connectivity index (χ1) is 17.2. The van der Waals surface area contributed by atoms with Gasteiger partial charge in [0.1, 0.15) is 11.9 Å². The quantitative estimate of drug-likeness (QED) is 0.316. The summed E-state index contributed by atoms with van der Waals surface area (Å²) in [4.78, 5) is 27.7. The average Bonchev–Trinajstić information content (AvgIpc) is 3.48. The van der Waals surface area contributed by atoms with Gasteiger partial charge in [-0.3, -0.25) is 9.59 Å². The molecule has 3 N–H and O–H groups in total. The van der Waals surface area contributed by atoms with E-state index in [4.69, 9.17) is 9.47 Å². The number of fused-ring (bicyclic) bond motifs is 4. The van der Waals surface area contributed by atoms with Gasteiger partial charge in [0.25, 0.3) is 5.91 Å². The molecule has 0 spiro atoms. The summed E-state index contributed by atoms with van der Waals surface area (Å²) >= 11 is 0. The van der Waals surface area contributed by atoms with Crippen molar-refractivity contribution in [2.45, 2.75) is 62.7 Å². The van der Waals surface area contributed by atoms with E-state index in [1.807, 2.05) is 30.3 Å². The van der Waals surface area contributed by atoms with E-state index in [0.29, 0.717) is 11.8 Å². The summed E-state index contributed by atoms with van der Waals surface area (Å²) in [5, 5.41) is 25.3. The fourth-order valence-corrected chi connectivity index (χ4v) is 8.60. The largest absolute Gasteiger partial charge is 0.489 e. The first kappa shape index (κ1) is 22.7. The van der Waals surface area contributed by atoms with E-state index in [1.54, 1.807) is 6.08 Å². The normalized spacial score (nSPS) is 50.3. The molecule has 7 heteroatoms. The van der Waals surface area contributed by atoms with Gasteiger partial charge in [-0.2, -0.15) is 0 Å². The van der Waals surface area contributed by atoms with Crippen molar-refractivity contribution in [3.05, 3.63) is 54.1 Å². The standard InChI is InChI=1S/C29H33NO6/c1-4-17-20(31)11-19-18-10-13(2)9-14(3)21(18)24-22(19)23(17)25(32)29-26(36-29)28(34,30-27(29)33)12-15-5-7-16(35-24)8-6-15/h4-8,11,13-14,17-18,20-24,26,31,34H,1,9-10,12H2,2-3H3,(H,30,33)/t13-,14+,17-,18+,20-,21-,22+,23-,24-,26-,28-,29-/m1/s1. The van der Waals surface area contributed by atoms with Crippen molar-refractivity contribution in [3.8, 4) is 5.75 Å². The van der Waals surface area contributed by atoms with Crippen molar-refractivity contribution >= 4 is 11.7 Å². The summed E-state index contributed by atoms with van der Waals surface area (Å²) in [6.45, 7) is 8.49. The van der Waals surface area contributed by atoms with Gasteiger partial charge in [0.05, 0.1) is 6.10 Å². The van der Waals surface area contributed by atoms with Gasteiger partial charge in [0.2, 0.25) is 5.60 Å². The van der Waals surface area contributed by atoms with Gasteiger partial charge in [0, 0.05) is 30.1 Å². The van der Waals surface area contributed by atoms with Gasteiger partial charge < -0.3 is 25.0 Å². The predicted molar refractivity (Wildman–Crippen MR) is 130 cm³/mol. The molecule has 4 heterocycles. The molecule has 36 heavy (non-hydrogen) atoms. The molecule has 190 valence electrons. The molecule has 1 amide bonds. The number of carbonyl (C=O) groups excluding carboxylic acids is 2. The molecule has 4 bridgehead atoms. The van der Waals surface area contributed by atoms with Crippen LogP contribution in [0, 0.1) is 41.4 Å². The zero-order chi connectivity index (χ0) is 25.1. The van der Waals surface area contributed by atoms with E-state index in [9.17, 15) is 19.8 Å². The number of rotatable bonds is 1. The Hall–Kier alpha value is -2.48. The van der Waals surface area contributed by atoms with Gasteiger partial charge in [0.15, 0.2) is 17.6 Å². The van der Waals surface area contributed by atoms with E-state index in [0.717, 1.165) is 29.7 Å². The highest BCUT2D eigenvalue weighted by atomic mass is 16.6. The smallest absolute Gasteiger partial charge is 0.265 e. The Morgan fingerprint density at radius 3 is 2.58 bits per heavy atom. The fourth-order valence-electron chi connectivity index (χ4n) is 8.60. The minimum absolute atomic E-state index is 0.120. The summed E-state index contributed by atoms with van der Waals surface area (Å²) in [6, 6.07) is 7.60. The molecule has 7 nitrogen and oxygen atoms in total. The third-order valence-corrected chi connectivity index (χ3v) is 9.98. The van der Waals surface area contributed by atoms with Crippen molar-refractivity contribution in [1.82, 2.24) is 5.32 Å². The summed E-state index contributed by atoms with van der Waals surface area (Å²) in [7, 11) is 0. The van der Waals surface area contributed by atoms with Gasteiger partial charge in [-0.15, -0.1) is 6.58 Å². The second-order valence-corrected chi connectivity index (χ2v) is 12.1. The molecule has 4 aliphatic heterocycles. The van der Waals surface area contributed by atoms with Gasteiger partial charge in [-0.1, -0.05) is 43.7 Å². The molecule has 1 aromatic rings. The zero-order valence-electron chi connectivity index (χ0n) is 20.6. The number of morpholine rings is 1. The van der Waals surface area contributed by atoms with Crippen LogP contribution in [0.2, 0.25) is 0 Å². The maximum absolute atomic E-state index is 14.4. The fraction of sp³-hybridized carbons (Fsp3) is 0.586. The van der Waals surface area contributed by atoms with Crippen LogP contribution in [0.15, 0.2) is 48.6 Å². The number of Topliss-reactive ketones (excluding diaryl/α,β-unsaturated/α-hetero) is 1. The monoisotopic (exact) mass is 491 g/mol. The van der Waals surface area contributed by atoms with Crippen LogP contribution < -0.4 is 10.1 Å². The Labute approximate surface area is 210 Å². The summed E-state index contributed by atoms with van der Waals surface area (Å²) < 4.78 is 12.6. The highest BCUT2D eigenvalue weighted by Gasteiger charge is 2.82. The van der Waals surface area contributed by atoms with Crippen LogP contribution in [-0.4, -0.2) is 51.5 Å².